The molecule has 3 atom stereocenters. The van der Waals surface area contributed by atoms with Crippen molar-refractivity contribution in [3.05, 3.63) is 71.8 Å². The molecule has 0 amide bonds. The van der Waals surface area contributed by atoms with Crippen molar-refractivity contribution in [2.75, 3.05) is 26.8 Å². The first-order valence-electron chi connectivity index (χ1n) is 8.99. The second-order valence-electron chi connectivity index (χ2n) is 6.54. The Hall–Kier alpha value is -1.76. The molecule has 3 rings (SSSR count). The topological polar surface area (TPSA) is 51.2 Å². The zero-order chi connectivity index (χ0) is 18.2. The molecule has 1 heterocycles. The van der Waals surface area contributed by atoms with Gasteiger partial charge in [0.1, 0.15) is 6.10 Å². The number of hydrogen-bond acceptors (Lipinski definition) is 5. The molecule has 5 heteroatoms. The van der Waals surface area contributed by atoms with E-state index in [0.29, 0.717) is 19.7 Å². The molecule has 140 valence electrons. The summed E-state index contributed by atoms with van der Waals surface area (Å²) in [6.45, 7) is 2.48. The molecule has 0 bridgehead atoms. The average Bonchev–Trinajstić information content (AvgIpc) is 2.86. The largest absolute Gasteiger partial charge is 0.394 e. The summed E-state index contributed by atoms with van der Waals surface area (Å²) in [6, 6.07) is 20.3. The number of aliphatic hydroxyl groups excluding tert-OH is 1. The Morgan fingerprint density at radius 1 is 1.00 bits per heavy atom. The SMILES string of the molecule is CO[C@@H]1CN(Cc2ccccc2)C[C@H](OCc2ccccc2)[C@@H](CO)O1. The molecule has 1 saturated heterocycles. The third-order valence-corrected chi connectivity index (χ3v) is 4.59. The predicted molar refractivity (Wildman–Crippen MR) is 99.5 cm³/mol. The minimum atomic E-state index is -0.413. The monoisotopic (exact) mass is 357 g/mol. The lowest BCUT2D eigenvalue weighted by Crippen LogP contribution is -2.40. The Bertz CT molecular complexity index is 637. The molecular weight excluding hydrogens is 330 g/mol. The Morgan fingerprint density at radius 3 is 2.27 bits per heavy atom. The molecule has 26 heavy (non-hydrogen) atoms. The van der Waals surface area contributed by atoms with Gasteiger partial charge in [-0.25, -0.2) is 0 Å². The molecule has 0 unspecified atom stereocenters. The molecule has 0 aromatic heterocycles. The van der Waals surface area contributed by atoms with E-state index < -0.39 is 6.10 Å². The Kier molecular flexibility index (Phi) is 7.17. The van der Waals surface area contributed by atoms with Crippen molar-refractivity contribution < 1.29 is 19.3 Å². The first-order valence-corrected chi connectivity index (χ1v) is 8.99. The van der Waals surface area contributed by atoms with Crippen LogP contribution in [-0.2, 0) is 27.4 Å². The van der Waals surface area contributed by atoms with Crippen LogP contribution in [0.3, 0.4) is 0 Å². The molecule has 1 aliphatic rings. The lowest BCUT2D eigenvalue weighted by atomic mass is 10.1. The number of rotatable bonds is 7. The van der Waals surface area contributed by atoms with Gasteiger partial charge in [0.25, 0.3) is 0 Å². The first-order chi connectivity index (χ1) is 12.8. The number of aliphatic hydroxyl groups is 1. The molecule has 1 N–H and O–H groups in total. The molecule has 0 saturated carbocycles. The highest BCUT2D eigenvalue weighted by Crippen LogP contribution is 2.19. The molecule has 0 spiro atoms. The van der Waals surface area contributed by atoms with Crippen LogP contribution < -0.4 is 0 Å². The van der Waals surface area contributed by atoms with E-state index in [2.05, 4.69) is 17.0 Å². The fourth-order valence-electron chi connectivity index (χ4n) is 3.18. The lowest BCUT2D eigenvalue weighted by Gasteiger charge is -2.26. The van der Waals surface area contributed by atoms with Crippen molar-refractivity contribution in [3.8, 4) is 0 Å². The van der Waals surface area contributed by atoms with Gasteiger partial charge in [-0.2, -0.15) is 0 Å². The fraction of sp³-hybridized carbons (Fsp3) is 0.429. The maximum absolute atomic E-state index is 9.79. The standard InChI is InChI=1S/C21H27NO4/c1-24-21-14-22(12-17-8-4-2-5-9-17)13-19(20(15-23)26-21)25-16-18-10-6-3-7-11-18/h2-11,19-21,23H,12-16H2,1H3/t19-,20+,21-/m0/s1. The molecule has 0 radical (unpaired) electrons. The van der Waals surface area contributed by atoms with Crippen LogP contribution in [0.1, 0.15) is 11.1 Å². The van der Waals surface area contributed by atoms with Gasteiger partial charge in [0, 0.05) is 26.7 Å². The number of nitrogens with zero attached hydrogens (tertiary/aromatic N) is 1. The number of methoxy groups -OCH3 is 1. The van der Waals surface area contributed by atoms with Crippen LogP contribution in [-0.4, -0.2) is 55.3 Å². The number of hydrogen-bond donors (Lipinski definition) is 1. The molecule has 5 nitrogen and oxygen atoms in total. The summed E-state index contributed by atoms with van der Waals surface area (Å²) >= 11 is 0. The molecule has 0 aliphatic carbocycles. The molecule has 2 aromatic rings. The lowest BCUT2D eigenvalue weighted by molar-refractivity contribution is -0.184. The minimum Gasteiger partial charge on any atom is -0.394 e. The van der Waals surface area contributed by atoms with E-state index >= 15 is 0 Å². The van der Waals surface area contributed by atoms with E-state index in [1.807, 2.05) is 48.5 Å². The normalized spacial score (nSPS) is 24.3. The summed E-state index contributed by atoms with van der Waals surface area (Å²) < 4.78 is 17.5. The smallest absolute Gasteiger partial charge is 0.170 e. The highest BCUT2D eigenvalue weighted by Gasteiger charge is 2.33. The average molecular weight is 357 g/mol. The van der Waals surface area contributed by atoms with Gasteiger partial charge in [-0.15, -0.1) is 0 Å². The highest BCUT2D eigenvalue weighted by atomic mass is 16.7. The van der Waals surface area contributed by atoms with Crippen LogP contribution in [0.2, 0.25) is 0 Å². The van der Waals surface area contributed by atoms with Gasteiger partial charge in [0.2, 0.25) is 0 Å². The van der Waals surface area contributed by atoms with Gasteiger partial charge in [0.05, 0.1) is 19.3 Å². The Balaban J connectivity index is 1.69. The summed E-state index contributed by atoms with van der Waals surface area (Å²) in [4.78, 5) is 2.26. The molecule has 1 fully saturated rings. The maximum atomic E-state index is 9.79. The van der Waals surface area contributed by atoms with Gasteiger partial charge in [-0.3, -0.25) is 4.90 Å². The minimum absolute atomic E-state index is 0.0987. The molecule has 2 aromatic carbocycles. The second-order valence-corrected chi connectivity index (χ2v) is 6.54. The third-order valence-electron chi connectivity index (χ3n) is 4.59. The van der Waals surface area contributed by atoms with E-state index in [-0.39, 0.29) is 19.0 Å². The van der Waals surface area contributed by atoms with Gasteiger partial charge in [-0.1, -0.05) is 60.7 Å². The fourth-order valence-corrected chi connectivity index (χ4v) is 3.18. The van der Waals surface area contributed by atoms with E-state index in [0.717, 1.165) is 12.1 Å². The second kappa shape index (κ2) is 9.80. The van der Waals surface area contributed by atoms with Crippen LogP contribution in [0.5, 0.6) is 0 Å². The number of benzene rings is 2. The zero-order valence-corrected chi connectivity index (χ0v) is 15.2. The van der Waals surface area contributed by atoms with Crippen molar-refractivity contribution in [1.82, 2.24) is 4.90 Å². The summed E-state index contributed by atoms with van der Waals surface area (Å²) in [7, 11) is 1.63. The van der Waals surface area contributed by atoms with E-state index in [1.165, 1.54) is 5.56 Å². The highest BCUT2D eigenvalue weighted by molar-refractivity contribution is 5.15. The van der Waals surface area contributed by atoms with Crippen LogP contribution in [0, 0.1) is 0 Å². The summed E-state index contributed by atoms with van der Waals surface area (Å²) in [6.07, 6.45) is -1.03. The summed E-state index contributed by atoms with van der Waals surface area (Å²) in [5.74, 6) is 0. The summed E-state index contributed by atoms with van der Waals surface area (Å²) in [5, 5.41) is 9.79. The Morgan fingerprint density at radius 2 is 1.65 bits per heavy atom. The van der Waals surface area contributed by atoms with Crippen LogP contribution in [0.25, 0.3) is 0 Å². The van der Waals surface area contributed by atoms with E-state index in [1.54, 1.807) is 7.11 Å². The van der Waals surface area contributed by atoms with Crippen LogP contribution in [0.4, 0.5) is 0 Å². The van der Waals surface area contributed by atoms with Crippen LogP contribution in [0.15, 0.2) is 60.7 Å². The third kappa shape index (κ3) is 5.37. The van der Waals surface area contributed by atoms with E-state index in [9.17, 15) is 5.11 Å². The van der Waals surface area contributed by atoms with Gasteiger partial charge in [0.15, 0.2) is 6.29 Å². The predicted octanol–water partition coefficient (Wildman–Crippen LogP) is 2.44. The summed E-state index contributed by atoms with van der Waals surface area (Å²) in [5.41, 5.74) is 2.33. The number of ether oxygens (including phenoxy) is 3. The van der Waals surface area contributed by atoms with Gasteiger partial charge >= 0.3 is 0 Å². The van der Waals surface area contributed by atoms with Gasteiger partial charge in [-0.05, 0) is 11.1 Å². The van der Waals surface area contributed by atoms with Crippen molar-refractivity contribution >= 4 is 0 Å². The zero-order valence-electron chi connectivity index (χ0n) is 15.2. The van der Waals surface area contributed by atoms with Crippen molar-refractivity contribution in [1.29, 1.82) is 0 Å². The van der Waals surface area contributed by atoms with Crippen molar-refractivity contribution in [3.63, 3.8) is 0 Å². The molecule has 1 aliphatic heterocycles. The van der Waals surface area contributed by atoms with Crippen LogP contribution >= 0.6 is 0 Å². The van der Waals surface area contributed by atoms with Crippen molar-refractivity contribution in [2.24, 2.45) is 0 Å². The Labute approximate surface area is 155 Å². The molecular formula is C21H27NO4. The maximum Gasteiger partial charge on any atom is 0.170 e. The van der Waals surface area contributed by atoms with Crippen molar-refractivity contribution in [2.45, 2.75) is 31.6 Å². The van der Waals surface area contributed by atoms with Gasteiger partial charge < -0.3 is 19.3 Å². The quantitative estimate of drug-likeness (QED) is 0.825. The van der Waals surface area contributed by atoms with E-state index in [4.69, 9.17) is 14.2 Å². The first kappa shape index (κ1) is 19.0.